The molecule has 35 heavy (non-hydrogen) atoms. The minimum atomic E-state index is -0.767. The van der Waals surface area contributed by atoms with Crippen molar-refractivity contribution in [3.8, 4) is 16.9 Å². The molecule has 1 aliphatic heterocycles. The standard InChI is InChI=1S/C30H27NO4/c1-17(32)28(35-30(2,3)4)26-22-13-16-34-29(22)20-8-6-5-7-19(20)25(26)21-9-10-23-24-18(12-15-33-23)11-14-31-27(21)24/h5-11,13-14,16,28H,12,15H2,1-4H3/t28-/m1/s1. The summed E-state index contributed by atoms with van der Waals surface area (Å²) in [6.07, 6.45) is 3.62. The van der Waals surface area contributed by atoms with E-state index >= 15 is 0 Å². The van der Waals surface area contributed by atoms with E-state index in [4.69, 9.17) is 18.9 Å². The lowest BCUT2D eigenvalue weighted by atomic mass is 9.85. The largest absolute Gasteiger partial charge is 0.493 e. The Hall–Kier alpha value is -3.70. The lowest BCUT2D eigenvalue weighted by Crippen LogP contribution is -2.27. The van der Waals surface area contributed by atoms with E-state index in [-0.39, 0.29) is 5.78 Å². The van der Waals surface area contributed by atoms with Crippen LogP contribution in [0.1, 0.15) is 44.9 Å². The van der Waals surface area contributed by atoms with E-state index in [2.05, 4.69) is 24.3 Å². The third-order valence-electron chi connectivity index (χ3n) is 6.61. The number of benzene rings is 3. The lowest BCUT2D eigenvalue weighted by molar-refractivity contribution is -0.138. The predicted octanol–water partition coefficient (Wildman–Crippen LogP) is 7.18. The molecule has 0 saturated carbocycles. The van der Waals surface area contributed by atoms with Crippen molar-refractivity contribution >= 4 is 38.4 Å². The summed E-state index contributed by atoms with van der Waals surface area (Å²) in [5.41, 5.74) is 5.03. The van der Waals surface area contributed by atoms with Crippen LogP contribution >= 0.6 is 0 Å². The first-order valence-electron chi connectivity index (χ1n) is 12.0. The number of pyridine rings is 1. The molecule has 0 N–H and O–H groups in total. The highest BCUT2D eigenvalue weighted by atomic mass is 16.5. The van der Waals surface area contributed by atoms with Gasteiger partial charge in [0.25, 0.3) is 0 Å². The van der Waals surface area contributed by atoms with Crippen LogP contribution in [0, 0.1) is 0 Å². The number of hydrogen-bond donors (Lipinski definition) is 0. The summed E-state index contributed by atoms with van der Waals surface area (Å²) in [7, 11) is 0. The molecule has 176 valence electrons. The maximum Gasteiger partial charge on any atom is 0.163 e. The molecule has 1 atom stereocenters. The number of carbonyl (C=O) groups excluding carboxylic acids is 1. The number of carbonyl (C=O) groups is 1. The Balaban J connectivity index is 1.79. The van der Waals surface area contributed by atoms with Crippen molar-refractivity contribution in [2.75, 3.05) is 6.61 Å². The lowest BCUT2D eigenvalue weighted by Gasteiger charge is -2.29. The maximum atomic E-state index is 13.1. The molecule has 0 fully saturated rings. The van der Waals surface area contributed by atoms with Crippen molar-refractivity contribution in [2.24, 2.45) is 0 Å². The van der Waals surface area contributed by atoms with Gasteiger partial charge < -0.3 is 13.9 Å². The third-order valence-corrected chi connectivity index (χ3v) is 6.61. The summed E-state index contributed by atoms with van der Waals surface area (Å²) in [5.74, 6) is 0.792. The number of ketones is 1. The number of rotatable bonds is 4. The molecule has 0 bridgehead atoms. The normalized spacial score (nSPS) is 14.4. The molecular formula is C30H27NO4. The van der Waals surface area contributed by atoms with Crippen LogP contribution in [0.2, 0.25) is 0 Å². The van der Waals surface area contributed by atoms with E-state index in [9.17, 15) is 4.79 Å². The van der Waals surface area contributed by atoms with Gasteiger partial charge >= 0.3 is 0 Å². The van der Waals surface area contributed by atoms with E-state index in [0.717, 1.165) is 61.5 Å². The molecule has 1 aliphatic rings. The van der Waals surface area contributed by atoms with Crippen LogP contribution in [-0.2, 0) is 16.0 Å². The number of hydrogen-bond acceptors (Lipinski definition) is 5. The molecule has 0 spiro atoms. The molecule has 0 saturated heterocycles. The van der Waals surface area contributed by atoms with Crippen LogP contribution in [0.15, 0.2) is 65.4 Å². The predicted molar refractivity (Wildman–Crippen MR) is 138 cm³/mol. The number of aromatic nitrogens is 1. The summed E-state index contributed by atoms with van der Waals surface area (Å²) >= 11 is 0. The van der Waals surface area contributed by atoms with Gasteiger partial charge in [-0.3, -0.25) is 9.78 Å². The molecule has 0 unspecified atom stereocenters. The molecule has 2 aromatic heterocycles. The minimum absolute atomic E-state index is 0.0574. The van der Waals surface area contributed by atoms with Crippen molar-refractivity contribution in [1.29, 1.82) is 0 Å². The van der Waals surface area contributed by atoms with Gasteiger partial charge in [-0.05, 0) is 68.5 Å². The summed E-state index contributed by atoms with van der Waals surface area (Å²) in [6.45, 7) is 8.16. The third kappa shape index (κ3) is 3.50. The van der Waals surface area contributed by atoms with Gasteiger partial charge in [0.15, 0.2) is 5.78 Å². The quantitative estimate of drug-likeness (QED) is 0.281. The van der Waals surface area contributed by atoms with Gasteiger partial charge in [-0.25, -0.2) is 0 Å². The highest BCUT2D eigenvalue weighted by molar-refractivity contribution is 6.17. The smallest absolute Gasteiger partial charge is 0.163 e. The van der Waals surface area contributed by atoms with Crippen molar-refractivity contribution in [2.45, 2.75) is 45.8 Å². The Labute approximate surface area is 203 Å². The fraction of sp³-hybridized carbons (Fsp3) is 0.267. The van der Waals surface area contributed by atoms with Crippen LogP contribution in [-0.4, -0.2) is 23.0 Å². The Bertz CT molecular complexity index is 1610. The van der Waals surface area contributed by atoms with Gasteiger partial charge in [0.1, 0.15) is 17.4 Å². The first kappa shape index (κ1) is 21.8. The Morgan fingerprint density at radius 2 is 1.83 bits per heavy atom. The molecule has 0 aliphatic carbocycles. The number of Topliss-reactive ketones (excluding diaryl/α,β-unsaturated/α-hetero) is 1. The topological polar surface area (TPSA) is 61.6 Å². The molecule has 5 nitrogen and oxygen atoms in total. The summed E-state index contributed by atoms with van der Waals surface area (Å²) in [6, 6.07) is 16.2. The van der Waals surface area contributed by atoms with Crippen molar-refractivity contribution in [3.05, 3.63) is 72.1 Å². The van der Waals surface area contributed by atoms with Crippen molar-refractivity contribution in [3.63, 3.8) is 0 Å². The average Bonchev–Trinajstić information content (AvgIpc) is 3.32. The summed E-state index contributed by atoms with van der Waals surface area (Å²) in [5, 5.41) is 3.89. The van der Waals surface area contributed by atoms with E-state index in [1.165, 1.54) is 5.56 Å². The first-order chi connectivity index (χ1) is 16.8. The Morgan fingerprint density at radius 1 is 1.03 bits per heavy atom. The van der Waals surface area contributed by atoms with Crippen LogP contribution in [0.3, 0.4) is 0 Å². The molecule has 3 aromatic carbocycles. The van der Waals surface area contributed by atoms with E-state index in [1.807, 2.05) is 51.2 Å². The molecule has 5 heteroatoms. The number of furan rings is 1. The van der Waals surface area contributed by atoms with E-state index < -0.39 is 11.7 Å². The number of ether oxygens (including phenoxy) is 2. The zero-order valence-electron chi connectivity index (χ0n) is 20.3. The second kappa shape index (κ2) is 7.92. The van der Waals surface area contributed by atoms with Gasteiger partial charge in [0, 0.05) is 39.9 Å². The van der Waals surface area contributed by atoms with E-state index in [1.54, 1.807) is 13.2 Å². The van der Waals surface area contributed by atoms with Crippen LogP contribution in [0.5, 0.6) is 5.75 Å². The monoisotopic (exact) mass is 465 g/mol. The van der Waals surface area contributed by atoms with E-state index in [0.29, 0.717) is 6.61 Å². The maximum absolute atomic E-state index is 13.1. The summed E-state index contributed by atoms with van der Waals surface area (Å²) < 4.78 is 18.4. The fourth-order valence-electron chi connectivity index (χ4n) is 5.27. The molecule has 5 aromatic rings. The average molecular weight is 466 g/mol. The Morgan fingerprint density at radius 3 is 2.60 bits per heavy atom. The van der Waals surface area contributed by atoms with Crippen molar-refractivity contribution < 1.29 is 18.7 Å². The fourth-order valence-corrected chi connectivity index (χ4v) is 5.27. The van der Waals surface area contributed by atoms with Gasteiger partial charge in [0.05, 0.1) is 24.0 Å². The van der Waals surface area contributed by atoms with Gasteiger partial charge in [-0.2, -0.15) is 0 Å². The van der Waals surface area contributed by atoms with Gasteiger partial charge in [0.2, 0.25) is 0 Å². The van der Waals surface area contributed by atoms with Gasteiger partial charge in [-0.15, -0.1) is 0 Å². The molecule has 0 amide bonds. The molecule has 0 radical (unpaired) electrons. The zero-order valence-corrected chi connectivity index (χ0v) is 20.3. The zero-order chi connectivity index (χ0) is 24.3. The highest BCUT2D eigenvalue weighted by Crippen LogP contribution is 2.47. The Kier molecular flexibility index (Phi) is 4.94. The summed E-state index contributed by atoms with van der Waals surface area (Å²) in [4.78, 5) is 18.0. The number of nitrogens with zero attached hydrogens (tertiary/aromatic N) is 1. The van der Waals surface area contributed by atoms with Crippen LogP contribution < -0.4 is 4.74 Å². The highest BCUT2D eigenvalue weighted by Gasteiger charge is 2.32. The second-order valence-electron chi connectivity index (χ2n) is 10.1. The van der Waals surface area contributed by atoms with Crippen LogP contribution in [0.4, 0.5) is 0 Å². The SMILES string of the molecule is CC(=O)[C@@H](OC(C)(C)C)c1c(-c2ccc3c4c(ccnc24)CCO3)c2ccccc2c2occc12. The first-order valence-corrected chi connectivity index (χ1v) is 12.0. The molecular weight excluding hydrogens is 438 g/mol. The minimum Gasteiger partial charge on any atom is -0.493 e. The molecule has 3 heterocycles. The second-order valence-corrected chi connectivity index (χ2v) is 10.1. The van der Waals surface area contributed by atoms with Gasteiger partial charge in [-0.1, -0.05) is 24.3 Å². The van der Waals surface area contributed by atoms with Crippen molar-refractivity contribution in [1.82, 2.24) is 4.98 Å². The molecule has 6 rings (SSSR count). The number of fused-ring (bicyclic) bond motifs is 3. The van der Waals surface area contributed by atoms with Crippen LogP contribution in [0.25, 0.3) is 43.8 Å².